The Morgan fingerprint density at radius 2 is 2.25 bits per heavy atom. The predicted molar refractivity (Wildman–Crippen MR) is 80.3 cm³/mol. The van der Waals surface area contributed by atoms with Gasteiger partial charge in [-0.25, -0.2) is 4.79 Å². The van der Waals surface area contributed by atoms with E-state index in [1.54, 1.807) is 0 Å². The lowest BCUT2D eigenvalue weighted by Gasteiger charge is -2.12. The largest absolute Gasteiger partial charge is 0.353 e. The molecule has 2 rings (SSSR count). The Hall–Kier alpha value is -1.12. The maximum absolute atomic E-state index is 11.7. The monoisotopic (exact) mass is 366 g/mol. The summed E-state index contributed by atoms with van der Waals surface area (Å²) in [6.45, 7) is 1.42. The van der Waals surface area contributed by atoms with E-state index >= 15 is 0 Å². The van der Waals surface area contributed by atoms with Crippen molar-refractivity contribution in [1.29, 1.82) is 0 Å². The van der Waals surface area contributed by atoms with Gasteiger partial charge in [-0.2, -0.15) is 0 Å². The topological polar surface area (TPSA) is 96.0 Å². The van der Waals surface area contributed by atoms with Gasteiger partial charge in [-0.05, 0) is 35.3 Å². The van der Waals surface area contributed by atoms with Crippen molar-refractivity contribution in [3.8, 4) is 0 Å². The summed E-state index contributed by atoms with van der Waals surface area (Å²) in [6, 6.07) is 0.308. The Kier molecular flexibility index (Phi) is 6.44. The first-order valence-electron chi connectivity index (χ1n) is 6.05. The van der Waals surface area contributed by atoms with Gasteiger partial charge in [0.15, 0.2) is 0 Å². The summed E-state index contributed by atoms with van der Waals surface area (Å²) in [5.41, 5.74) is -1.10. The van der Waals surface area contributed by atoms with Gasteiger partial charge in [0.1, 0.15) is 6.54 Å². The van der Waals surface area contributed by atoms with Crippen molar-refractivity contribution < 1.29 is 4.79 Å². The second kappa shape index (κ2) is 7.61. The normalized spacial score (nSPS) is 17.6. The zero-order valence-corrected chi connectivity index (χ0v) is 13.1. The lowest BCUT2D eigenvalue weighted by molar-refractivity contribution is -0.121. The predicted octanol–water partition coefficient (Wildman–Crippen LogP) is -0.411. The highest BCUT2D eigenvalue weighted by atomic mass is 79.9. The van der Waals surface area contributed by atoms with Crippen molar-refractivity contribution >= 4 is 34.2 Å². The molecule has 0 spiro atoms. The molecule has 7 nitrogen and oxygen atoms in total. The van der Waals surface area contributed by atoms with Gasteiger partial charge < -0.3 is 10.6 Å². The third-order valence-electron chi connectivity index (χ3n) is 2.99. The average Bonchev–Trinajstić information content (AvgIpc) is 2.86. The Bertz CT molecular complexity index is 580. The van der Waals surface area contributed by atoms with Gasteiger partial charge in [0.2, 0.25) is 5.91 Å². The molecule has 1 aromatic rings. The molecule has 0 radical (unpaired) electrons. The maximum atomic E-state index is 11.7. The number of nitrogens with one attached hydrogen (secondary N) is 3. The van der Waals surface area contributed by atoms with Crippen molar-refractivity contribution in [2.45, 2.75) is 25.4 Å². The highest BCUT2D eigenvalue weighted by Crippen LogP contribution is 2.03. The minimum Gasteiger partial charge on any atom is -0.353 e. The molecule has 1 saturated heterocycles. The number of rotatable bonds is 4. The van der Waals surface area contributed by atoms with E-state index in [2.05, 4.69) is 31.5 Å². The number of carbonyl (C=O) groups is 1. The van der Waals surface area contributed by atoms with Crippen LogP contribution in [0.5, 0.6) is 0 Å². The van der Waals surface area contributed by atoms with Crippen molar-refractivity contribution in [3.63, 3.8) is 0 Å². The molecule has 0 aromatic carbocycles. The van der Waals surface area contributed by atoms with Gasteiger partial charge in [-0.1, -0.05) is 0 Å². The third kappa shape index (κ3) is 4.46. The number of aromatic nitrogens is 2. The molecule has 0 saturated carbocycles. The summed E-state index contributed by atoms with van der Waals surface area (Å²) in [5, 5.41) is 6.03. The molecule has 1 unspecified atom stereocenters. The average molecular weight is 368 g/mol. The van der Waals surface area contributed by atoms with E-state index in [4.69, 9.17) is 0 Å². The van der Waals surface area contributed by atoms with Gasteiger partial charge >= 0.3 is 5.69 Å². The first-order valence-corrected chi connectivity index (χ1v) is 6.85. The fraction of sp³-hybridized carbons (Fsp3) is 0.545. The van der Waals surface area contributed by atoms with Crippen LogP contribution >= 0.6 is 28.3 Å². The molecule has 1 aliphatic heterocycles. The number of hydrogen-bond acceptors (Lipinski definition) is 4. The summed E-state index contributed by atoms with van der Waals surface area (Å²) >= 11 is 3.02. The first-order chi connectivity index (χ1) is 9.06. The van der Waals surface area contributed by atoms with Gasteiger partial charge in [-0.3, -0.25) is 19.1 Å². The summed E-state index contributed by atoms with van der Waals surface area (Å²) in [5.74, 6) is -0.255. The van der Waals surface area contributed by atoms with Crippen molar-refractivity contribution in [2.75, 3.05) is 13.1 Å². The molecule has 0 aliphatic carbocycles. The molecule has 20 heavy (non-hydrogen) atoms. The van der Waals surface area contributed by atoms with Crippen LogP contribution in [0, 0.1) is 0 Å². The van der Waals surface area contributed by atoms with Crippen LogP contribution in [0.4, 0.5) is 0 Å². The molecule has 1 fully saturated rings. The van der Waals surface area contributed by atoms with Crippen LogP contribution in [0.15, 0.2) is 20.3 Å². The van der Waals surface area contributed by atoms with Gasteiger partial charge in [0.05, 0.1) is 4.47 Å². The maximum Gasteiger partial charge on any atom is 0.328 e. The summed E-state index contributed by atoms with van der Waals surface area (Å²) in [7, 11) is 0. The van der Waals surface area contributed by atoms with Gasteiger partial charge in [-0.15, -0.1) is 12.4 Å². The van der Waals surface area contributed by atoms with E-state index in [9.17, 15) is 14.4 Å². The number of aromatic amines is 1. The van der Waals surface area contributed by atoms with Crippen LogP contribution in [0.3, 0.4) is 0 Å². The second-order valence-electron chi connectivity index (χ2n) is 4.46. The van der Waals surface area contributed by atoms with Crippen molar-refractivity contribution in [1.82, 2.24) is 20.2 Å². The van der Waals surface area contributed by atoms with Crippen LogP contribution < -0.4 is 21.9 Å². The molecule has 2 heterocycles. The lowest BCUT2D eigenvalue weighted by Crippen LogP contribution is -2.40. The quantitative estimate of drug-likeness (QED) is 0.674. The Morgan fingerprint density at radius 1 is 1.50 bits per heavy atom. The SMILES string of the molecule is Cl.O=C(Cn1cc(Br)c(=O)[nH]c1=O)NCC1CCCN1. The zero-order valence-electron chi connectivity index (χ0n) is 10.6. The van der Waals surface area contributed by atoms with E-state index in [0.717, 1.165) is 24.0 Å². The molecule has 1 aliphatic rings. The molecule has 0 bridgehead atoms. The molecule has 1 amide bonds. The Balaban J connectivity index is 0.00000200. The van der Waals surface area contributed by atoms with E-state index in [1.807, 2.05) is 0 Å². The standard InChI is InChI=1S/C11H15BrN4O3.ClH/c12-8-5-16(11(19)15-10(8)18)6-9(17)14-4-7-2-1-3-13-7;/h5,7,13H,1-4,6H2,(H,14,17)(H,15,18,19);1H. The third-order valence-corrected chi connectivity index (χ3v) is 3.55. The minimum absolute atomic E-state index is 0. The van der Waals surface area contributed by atoms with Crippen LogP contribution in [-0.2, 0) is 11.3 Å². The molecular formula is C11H16BrClN4O3. The lowest BCUT2D eigenvalue weighted by atomic mass is 10.2. The molecule has 1 aromatic heterocycles. The van der Waals surface area contributed by atoms with E-state index in [1.165, 1.54) is 6.20 Å². The number of halogens is 2. The smallest absolute Gasteiger partial charge is 0.328 e. The zero-order chi connectivity index (χ0) is 13.8. The fourth-order valence-corrected chi connectivity index (χ4v) is 2.33. The minimum atomic E-state index is -0.595. The van der Waals surface area contributed by atoms with Gasteiger partial charge in [0.25, 0.3) is 5.56 Å². The van der Waals surface area contributed by atoms with Gasteiger partial charge in [0, 0.05) is 18.8 Å². The summed E-state index contributed by atoms with van der Waals surface area (Å²) < 4.78 is 1.38. The van der Waals surface area contributed by atoms with Crippen molar-refractivity contribution in [3.05, 3.63) is 31.5 Å². The molecule has 1 atom stereocenters. The van der Waals surface area contributed by atoms with E-state index < -0.39 is 11.2 Å². The molecular weight excluding hydrogens is 352 g/mol. The number of H-pyrrole nitrogens is 1. The highest BCUT2D eigenvalue weighted by Gasteiger charge is 2.15. The van der Waals surface area contributed by atoms with Crippen LogP contribution in [0.1, 0.15) is 12.8 Å². The van der Waals surface area contributed by atoms with Crippen LogP contribution in [-0.4, -0.2) is 34.6 Å². The molecule has 9 heteroatoms. The number of hydrogen-bond donors (Lipinski definition) is 3. The summed E-state index contributed by atoms with van der Waals surface area (Å²) in [6.07, 6.45) is 3.48. The number of amides is 1. The summed E-state index contributed by atoms with van der Waals surface area (Å²) in [4.78, 5) is 36.5. The van der Waals surface area contributed by atoms with E-state index in [0.29, 0.717) is 12.6 Å². The number of nitrogens with zero attached hydrogens (tertiary/aromatic N) is 1. The Labute approximate surface area is 129 Å². The van der Waals surface area contributed by atoms with Crippen LogP contribution in [0.2, 0.25) is 0 Å². The van der Waals surface area contributed by atoms with E-state index in [-0.39, 0.29) is 29.3 Å². The highest BCUT2D eigenvalue weighted by molar-refractivity contribution is 9.10. The van der Waals surface area contributed by atoms with Crippen molar-refractivity contribution in [2.24, 2.45) is 0 Å². The Morgan fingerprint density at radius 3 is 2.90 bits per heavy atom. The van der Waals surface area contributed by atoms with Crippen LogP contribution in [0.25, 0.3) is 0 Å². The number of carbonyl (C=O) groups excluding carboxylic acids is 1. The molecule has 112 valence electrons. The second-order valence-corrected chi connectivity index (χ2v) is 5.32. The fourth-order valence-electron chi connectivity index (χ4n) is 1.98. The first kappa shape index (κ1) is 16.9. The molecule has 3 N–H and O–H groups in total.